The van der Waals surface area contributed by atoms with E-state index in [1.807, 2.05) is 0 Å². The minimum absolute atomic E-state index is 0.0427. The summed E-state index contributed by atoms with van der Waals surface area (Å²) in [5.41, 5.74) is 0. The summed E-state index contributed by atoms with van der Waals surface area (Å²) in [6.07, 6.45) is 1.47. The van der Waals surface area contributed by atoms with E-state index in [1.54, 1.807) is 0 Å². The molecule has 0 N–H and O–H groups in total. The quantitative estimate of drug-likeness (QED) is 0.729. The molecule has 0 radical (unpaired) electrons. The fraction of sp³-hybridized carbons (Fsp3) is 0.571. The van der Waals surface area contributed by atoms with Gasteiger partial charge in [0, 0.05) is 30.4 Å². The molecule has 1 saturated heterocycles. The Balaban J connectivity index is 2.08. The van der Waals surface area contributed by atoms with Crippen molar-refractivity contribution in [3.8, 4) is 0 Å². The van der Waals surface area contributed by atoms with Crippen LogP contribution < -0.4 is 4.90 Å². The molecule has 1 aromatic rings. The number of anilines is 1. The second-order valence-electron chi connectivity index (χ2n) is 3.54. The lowest BCUT2D eigenvalue weighted by molar-refractivity contribution is -0.117. The normalized spacial score (nSPS) is 21.7. The van der Waals surface area contributed by atoms with Gasteiger partial charge in [0.25, 0.3) is 0 Å². The summed E-state index contributed by atoms with van der Waals surface area (Å²) in [6, 6.07) is 0. The molecule has 9 heteroatoms. The summed E-state index contributed by atoms with van der Waals surface area (Å²) in [4.78, 5) is 12.9. The van der Waals surface area contributed by atoms with Crippen LogP contribution in [0.3, 0.4) is 0 Å². The first-order chi connectivity index (χ1) is 7.46. The molecule has 0 spiro atoms. The Bertz CT molecular complexity index is 487. The lowest BCUT2D eigenvalue weighted by Crippen LogP contribution is -2.24. The van der Waals surface area contributed by atoms with Crippen molar-refractivity contribution in [3.63, 3.8) is 0 Å². The number of hydrogen-bond donors (Lipinski definition) is 0. The summed E-state index contributed by atoms with van der Waals surface area (Å²) in [6.45, 7) is 0.200. The zero-order chi connectivity index (χ0) is 11.8. The van der Waals surface area contributed by atoms with Crippen molar-refractivity contribution in [2.75, 3.05) is 17.2 Å². The number of hydrogen-bond acceptors (Lipinski definition) is 6. The Morgan fingerprint density at radius 2 is 2.38 bits per heavy atom. The third kappa shape index (κ3) is 2.53. The van der Waals surface area contributed by atoms with Crippen LogP contribution in [0.15, 0.2) is 6.20 Å². The van der Waals surface area contributed by atoms with Gasteiger partial charge >= 0.3 is 10.2 Å². The van der Waals surface area contributed by atoms with Gasteiger partial charge in [-0.3, -0.25) is 4.79 Å². The van der Waals surface area contributed by atoms with Crippen LogP contribution >= 0.6 is 11.5 Å². The van der Waals surface area contributed by atoms with Gasteiger partial charge in [0.2, 0.25) is 5.91 Å². The molecule has 2 heterocycles. The first-order valence-electron chi connectivity index (χ1n) is 4.46. The molecule has 1 amide bonds. The van der Waals surface area contributed by atoms with E-state index in [0.717, 1.165) is 11.5 Å². The van der Waals surface area contributed by atoms with E-state index in [-0.39, 0.29) is 18.9 Å². The molecule has 1 atom stereocenters. The number of carbonyl (C=O) groups is 1. The third-order valence-electron chi connectivity index (χ3n) is 2.26. The van der Waals surface area contributed by atoms with E-state index in [2.05, 4.69) is 9.59 Å². The SMILES string of the molecule is O=C1CC(CS(=O)(=O)F)CN1c1cnns1. The van der Waals surface area contributed by atoms with E-state index in [0.29, 0.717) is 5.00 Å². The van der Waals surface area contributed by atoms with Gasteiger partial charge in [-0.2, -0.15) is 8.42 Å². The van der Waals surface area contributed by atoms with Gasteiger partial charge in [0.15, 0.2) is 0 Å². The van der Waals surface area contributed by atoms with E-state index in [1.165, 1.54) is 11.1 Å². The van der Waals surface area contributed by atoms with Gasteiger partial charge in [0.1, 0.15) is 5.00 Å². The molecule has 6 nitrogen and oxygen atoms in total. The molecular weight excluding hydrogens is 257 g/mol. The number of amides is 1. The van der Waals surface area contributed by atoms with Crippen LogP contribution in [0.25, 0.3) is 0 Å². The molecule has 1 unspecified atom stereocenters. The fourth-order valence-electron chi connectivity index (χ4n) is 1.67. The predicted octanol–water partition coefficient (Wildman–Crippen LogP) is 0.190. The van der Waals surface area contributed by atoms with E-state index in [4.69, 9.17) is 0 Å². The summed E-state index contributed by atoms with van der Waals surface area (Å²) >= 11 is 1.04. The van der Waals surface area contributed by atoms with Gasteiger partial charge in [-0.05, 0) is 0 Å². The van der Waals surface area contributed by atoms with Gasteiger partial charge in [-0.1, -0.05) is 4.49 Å². The maximum atomic E-state index is 12.5. The van der Waals surface area contributed by atoms with Crippen LogP contribution in [0.1, 0.15) is 6.42 Å². The third-order valence-corrected chi connectivity index (χ3v) is 3.81. The van der Waals surface area contributed by atoms with Gasteiger partial charge in [-0.25, -0.2) is 0 Å². The summed E-state index contributed by atoms with van der Waals surface area (Å²) in [5, 5.41) is 4.14. The van der Waals surface area contributed by atoms with Gasteiger partial charge < -0.3 is 4.90 Å². The Morgan fingerprint density at radius 1 is 1.62 bits per heavy atom. The van der Waals surface area contributed by atoms with Crippen molar-refractivity contribution in [2.24, 2.45) is 5.92 Å². The number of aromatic nitrogens is 2. The Kier molecular flexibility index (Phi) is 2.89. The molecule has 1 aliphatic rings. The molecule has 16 heavy (non-hydrogen) atoms. The Morgan fingerprint density at radius 3 is 2.94 bits per heavy atom. The minimum atomic E-state index is -4.53. The van der Waals surface area contributed by atoms with E-state index < -0.39 is 21.9 Å². The van der Waals surface area contributed by atoms with Crippen LogP contribution in [0.5, 0.6) is 0 Å². The average Bonchev–Trinajstić information content (AvgIpc) is 2.71. The van der Waals surface area contributed by atoms with Crippen molar-refractivity contribution in [1.82, 2.24) is 9.59 Å². The molecule has 1 aromatic heterocycles. The molecule has 0 saturated carbocycles. The molecule has 2 rings (SSSR count). The number of nitrogens with zero attached hydrogens (tertiary/aromatic N) is 3. The molecule has 0 aromatic carbocycles. The first kappa shape index (κ1) is 11.4. The van der Waals surface area contributed by atoms with E-state index in [9.17, 15) is 17.1 Å². The van der Waals surface area contributed by atoms with Crippen LogP contribution in [-0.2, 0) is 15.0 Å². The first-order valence-corrected chi connectivity index (χ1v) is 6.78. The summed E-state index contributed by atoms with van der Waals surface area (Å²) in [7, 11) is -4.53. The maximum Gasteiger partial charge on any atom is 0.302 e. The topological polar surface area (TPSA) is 80.2 Å². The van der Waals surface area contributed by atoms with Crippen LogP contribution in [0, 0.1) is 5.92 Å². The van der Waals surface area contributed by atoms with Crippen molar-refractivity contribution < 1.29 is 17.1 Å². The molecule has 1 fully saturated rings. The van der Waals surface area contributed by atoms with Crippen LogP contribution in [-0.4, -0.2) is 36.2 Å². The highest BCUT2D eigenvalue weighted by Gasteiger charge is 2.34. The number of halogens is 1. The zero-order valence-electron chi connectivity index (χ0n) is 8.04. The largest absolute Gasteiger partial charge is 0.302 e. The average molecular weight is 265 g/mol. The van der Waals surface area contributed by atoms with Crippen molar-refractivity contribution in [1.29, 1.82) is 0 Å². The lowest BCUT2D eigenvalue weighted by atomic mass is 10.1. The minimum Gasteiger partial charge on any atom is -0.301 e. The molecule has 1 aliphatic heterocycles. The number of carbonyl (C=O) groups excluding carboxylic acids is 1. The van der Waals surface area contributed by atoms with Crippen molar-refractivity contribution in [3.05, 3.63) is 6.20 Å². The molecule has 88 valence electrons. The highest BCUT2D eigenvalue weighted by molar-refractivity contribution is 7.86. The van der Waals surface area contributed by atoms with Crippen molar-refractivity contribution in [2.45, 2.75) is 6.42 Å². The Labute approximate surface area is 95.4 Å². The van der Waals surface area contributed by atoms with Gasteiger partial charge in [0.05, 0.1) is 11.9 Å². The standard InChI is InChI=1S/C7H8FN3O3S2/c8-16(13,14)4-5-1-6(12)11(3-5)7-2-9-10-15-7/h2,5H,1,3-4H2. The van der Waals surface area contributed by atoms with E-state index >= 15 is 0 Å². The zero-order valence-corrected chi connectivity index (χ0v) is 9.67. The molecular formula is C7H8FN3O3S2. The molecule has 0 aliphatic carbocycles. The second kappa shape index (κ2) is 4.06. The smallest absolute Gasteiger partial charge is 0.301 e. The predicted molar refractivity (Wildman–Crippen MR) is 55.3 cm³/mol. The lowest BCUT2D eigenvalue weighted by Gasteiger charge is -2.11. The van der Waals surface area contributed by atoms with Crippen molar-refractivity contribution >= 4 is 32.7 Å². The fourth-order valence-corrected chi connectivity index (χ4v) is 3.00. The van der Waals surface area contributed by atoms with Gasteiger partial charge in [-0.15, -0.1) is 8.98 Å². The van der Waals surface area contributed by atoms with Crippen LogP contribution in [0.4, 0.5) is 8.89 Å². The highest BCUT2D eigenvalue weighted by atomic mass is 32.3. The maximum absolute atomic E-state index is 12.5. The second-order valence-corrected chi connectivity index (χ2v) is 5.71. The summed E-state index contributed by atoms with van der Waals surface area (Å²) < 4.78 is 37.0. The highest BCUT2D eigenvalue weighted by Crippen LogP contribution is 2.27. The Hall–Kier alpha value is -1.09. The molecule has 0 bridgehead atoms. The summed E-state index contributed by atoms with van der Waals surface area (Å²) in [5.74, 6) is -1.33. The monoisotopic (exact) mass is 265 g/mol. The van der Waals surface area contributed by atoms with Crippen LogP contribution in [0.2, 0.25) is 0 Å². The number of rotatable bonds is 3.